The van der Waals surface area contributed by atoms with E-state index in [9.17, 15) is 15.3 Å². The highest BCUT2D eigenvalue weighted by molar-refractivity contribution is 5.38. The van der Waals surface area contributed by atoms with Crippen LogP contribution >= 0.6 is 0 Å². The van der Waals surface area contributed by atoms with E-state index in [2.05, 4.69) is 32.6 Å². The van der Waals surface area contributed by atoms with Gasteiger partial charge >= 0.3 is 0 Å². The molecule has 0 aliphatic heterocycles. The Balaban J connectivity index is 1.42. The summed E-state index contributed by atoms with van der Waals surface area (Å²) in [5.41, 5.74) is 3.59. The minimum absolute atomic E-state index is 0.277. The molecule has 0 saturated heterocycles. The molecule has 4 nitrogen and oxygen atoms in total. The fraction of sp³-hybridized carbons (Fsp3) is 0.613. The predicted octanol–water partition coefficient (Wildman–Crippen LogP) is 6.07. The zero-order valence-corrected chi connectivity index (χ0v) is 22.0. The van der Waals surface area contributed by atoms with Gasteiger partial charge in [-0.2, -0.15) is 0 Å². The van der Waals surface area contributed by atoms with E-state index in [0.717, 1.165) is 28.9 Å². The van der Waals surface area contributed by atoms with Crippen molar-refractivity contribution in [2.75, 3.05) is 6.61 Å². The molecule has 3 saturated carbocycles. The summed E-state index contributed by atoms with van der Waals surface area (Å²) in [5.74, 6) is 2.52. The molecular weight excluding hydrogens is 436 g/mol. The van der Waals surface area contributed by atoms with Gasteiger partial charge in [-0.1, -0.05) is 50.3 Å². The lowest BCUT2D eigenvalue weighted by molar-refractivity contribution is 0.0740. The molecule has 1 unspecified atom stereocenters. The van der Waals surface area contributed by atoms with Crippen LogP contribution in [-0.2, 0) is 5.60 Å². The molecule has 0 radical (unpaired) electrons. The summed E-state index contributed by atoms with van der Waals surface area (Å²) in [4.78, 5) is 0. The molecule has 4 heteroatoms. The first-order chi connectivity index (χ1) is 16.5. The largest absolute Gasteiger partial charge is 0.493 e. The van der Waals surface area contributed by atoms with E-state index < -0.39 is 17.8 Å². The van der Waals surface area contributed by atoms with Gasteiger partial charge in [0.15, 0.2) is 0 Å². The van der Waals surface area contributed by atoms with Crippen molar-refractivity contribution >= 4 is 0 Å². The number of allylic oxidation sites excluding steroid dienone is 3. The molecule has 6 atom stereocenters. The number of benzene rings is 1. The quantitative estimate of drug-likeness (QED) is 0.462. The second-order valence-corrected chi connectivity index (χ2v) is 12.0. The molecule has 0 aromatic heterocycles. The molecule has 1 aromatic rings. The van der Waals surface area contributed by atoms with Gasteiger partial charge in [-0.3, -0.25) is 0 Å². The van der Waals surface area contributed by atoms with Gasteiger partial charge in [0.25, 0.3) is 0 Å². The van der Waals surface area contributed by atoms with Crippen LogP contribution in [0.25, 0.3) is 0 Å². The van der Waals surface area contributed by atoms with Gasteiger partial charge in [-0.15, -0.1) is 0 Å². The van der Waals surface area contributed by atoms with Crippen LogP contribution in [-0.4, -0.2) is 34.1 Å². The highest BCUT2D eigenvalue weighted by Gasteiger charge is 2.50. The minimum atomic E-state index is -0.842. The standard InChI is InChI=1S/C31H44O4/c1-20(19-35-26-12-10-24(11-13-26)30(3,4)34)27-14-15-28-22(7-6-16-31(27,28)5)8-9-23-17-25(32)18-29(33)21(23)2/h8-13,20,25,27-29,32-34H,2,6-7,14-19H2,1,3-5H3/b22-8+,23-9-/t20-,25+,27?,28-,29-,31+/m0/s1. The number of fused-ring (bicyclic) bond motifs is 1. The van der Waals surface area contributed by atoms with Crippen LogP contribution in [0.15, 0.2) is 59.7 Å². The Bertz CT molecular complexity index is 967. The summed E-state index contributed by atoms with van der Waals surface area (Å²) < 4.78 is 6.20. The van der Waals surface area contributed by atoms with E-state index >= 15 is 0 Å². The maximum atomic E-state index is 10.2. The Morgan fingerprint density at radius 2 is 1.89 bits per heavy atom. The molecule has 3 N–H and O–H groups in total. The third-order valence-corrected chi connectivity index (χ3v) is 9.06. The van der Waals surface area contributed by atoms with Crippen molar-refractivity contribution in [2.24, 2.45) is 23.2 Å². The summed E-state index contributed by atoms with van der Waals surface area (Å²) in [6.45, 7) is 13.2. The van der Waals surface area contributed by atoms with Gasteiger partial charge in [0, 0.05) is 6.42 Å². The predicted molar refractivity (Wildman–Crippen MR) is 141 cm³/mol. The number of hydrogen-bond donors (Lipinski definition) is 3. The van der Waals surface area contributed by atoms with Crippen molar-refractivity contribution < 1.29 is 20.1 Å². The topological polar surface area (TPSA) is 69.9 Å². The Labute approximate surface area is 211 Å². The molecule has 1 aromatic carbocycles. The summed E-state index contributed by atoms with van der Waals surface area (Å²) >= 11 is 0. The molecule has 192 valence electrons. The zero-order chi connectivity index (χ0) is 25.4. The number of ether oxygens (including phenoxy) is 1. The summed E-state index contributed by atoms with van der Waals surface area (Å²) in [6, 6.07) is 7.81. The van der Waals surface area contributed by atoms with E-state index in [4.69, 9.17) is 4.74 Å². The molecule has 3 fully saturated rings. The first-order valence-electron chi connectivity index (χ1n) is 13.4. The molecule has 3 aliphatic rings. The fourth-order valence-electron chi connectivity index (χ4n) is 6.98. The van der Waals surface area contributed by atoms with Crippen LogP contribution in [0, 0.1) is 23.2 Å². The monoisotopic (exact) mass is 480 g/mol. The molecule has 4 rings (SSSR count). The second kappa shape index (κ2) is 10.2. The van der Waals surface area contributed by atoms with Crippen LogP contribution in [0.2, 0.25) is 0 Å². The number of aliphatic hydroxyl groups is 3. The maximum Gasteiger partial charge on any atom is 0.119 e. The van der Waals surface area contributed by atoms with Crippen LogP contribution in [0.5, 0.6) is 5.75 Å². The molecule has 35 heavy (non-hydrogen) atoms. The minimum Gasteiger partial charge on any atom is -0.493 e. The highest BCUT2D eigenvalue weighted by Crippen LogP contribution is 2.59. The van der Waals surface area contributed by atoms with Crippen molar-refractivity contribution in [2.45, 2.75) is 90.4 Å². The molecule has 0 bridgehead atoms. The van der Waals surface area contributed by atoms with Gasteiger partial charge < -0.3 is 20.1 Å². The lowest BCUT2D eigenvalue weighted by Crippen LogP contribution is -2.37. The molecule has 0 heterocycles. The molecule has 3 aliphatic carbocycles. The van der Waals surface area contributed by atoms with Gasteiger partial charge in [0.1, 0.15) is 5.75 Å². The molecule has 0 spiro atoms. The molecular formula is C31H44O4. The Morgan fingerprint density at radius 1 is 1.17 bits per heavy atom. The van der Waals surface area contributed by atoms with Crippen molar-refractivity contribution in [3.05, 3.63) is 65.3 Å². The third-order valence-electron chi connectivity index (χ3n) is 9.06. The van der Waals surface area contributed by atoms with Crippen molar-refractivity contribution in [3.63, 3.8) is 0 Å². The Hall–Kier alpha value is -1.88. The lowest BCUT2D eigenvalue weighted by Gasteiger charge is -2.44. The highest BCUT2D eigenvalue weighted by atomic mass is 16.5. The maximum absolute atomic E-state index is 10.2. The van der Waals surface area contributed by atoms with E-state index in [-0.39, 0.29) is 5.41 Å². The Morgan fingerprint density at radius 3 is 2.57 bits per heavy atom. The summed E-state index contributed by atoms with van der Waals surface area (Å²) in [6.07, 6.45) is 10.3. The average molecular weight is 481 g/mol. The van der Waals surface area contributed by atoms with E-state index in [1.165, 1.54) is 31.3 Å². The van der Waals surface area contributed by atoms with Crippen LogP contribution < -0.4 is 4.74 Å². The third kappa shape index (κ3) is 5.60. The van der Waals surface area contributed by atoms with Crippen LogP contribution in [0.1, 0.15) is 78.2 Å². The zero-order valence-electron chi connectivity index (χ0n) is 22.0. The van der Waals surface area contributed by atoms with Crippen LogP contribution in [0.4, 0.5) is 0 Å². The summed E-state index contributed by atoms with van der Waals surface area (Å²) in [7, 11) is 0. The number of aliphatic hydroxyl groups excluding tert-OH is 2. The van der Waals surface area contributed by atoms with E-state index in [0.29, 0.717) is 37.2 Å². The van der Waals surface area contributed by atoms with Gasteiger partial charge in [-0.25, -0.2) is 0 Å². The normalized spacial score (nSPS) is 34.8. The molecule has 0 amide bonds. The van der Waals surface area contributed by atoms with E-state index in [1.807, 2.05) is 24.3 Å². The fourth-order valence-corrected chi connectivity index (χ4v) is 6.98. The first-order valence-corrected chi connectivity index (χ1v) is 13.4. The van der Waals surface area contributed by atoms with Gasteiger partial charge in [0.2, 0.25) is 0 Å². The number of hydrogen-bond acceptors (Lipinski definition) is 4. The van der Waals surface area contributed by atoms with Gasteiger partial charge in [0.05, 0.1) is 24.4 Å². The van der Waals surface area contributed by atoms with Crippen molar-refractivity contribution in [3.8, 4) is 5.75 Å². The number of rotatable bonds is 6. The Kier molecular flexibility index (Phi) is 7.66. The first kappa shape index (κ1) is 26.2. The second-order valence-electron chi connectivity index (χ2n) is 12.0. The van der Waals surface area contributed by atoms with Crippen molar-refractivity contribution in [1.82, 2.24) is 0 Å². The van der Waals surface area contributed by atoms with Crippen LogP contribution in [0.3, 0.4) is 0 Å². The van der Waals surface area contributed by atoms with Crippen molar-refractivity contribution in [1.29, 1.82) is 0 Å². The smallest absolute Gasteiger partial charge is 0.119 e. The SMILES string of the molecule is C=C1/C(=C\C=C2/CCC[C@]3(C)C([C@@H](C)COc4ccc(C(C)(C)O)cc4)CC[C@@H]23)C[C@@H](O)C[C@@H]1O. The summed E-state index contributed by atoms with van der Waals surface area (Å²) in [5, 5.41) is 30.4. The van der Waals surface area contributed by atoms with Gasteiger partial charge in [-0.05, 0) is 104 Å². The van der Waals surface area contributed by atoms with E-state index in [1.54, 1.807) is 13.8 Å². The lowest BCUT2D eigenvalue weighted by atomic mass is 9.61. The average Bonchev–Trinajstić information content (AvgIpc) is 3.16.